The fourth-order valence-corrected chi connectivity index (χ4v) is 3.15. The van der Waals surface area contributed by atoms with Crippen LogP contribution in [0.3, 0.4) is 0 Å². The van der Waals surface area contributed by atoms with Crippen molar-refractivity contribution >= 4 is 23.5 Å². The standard InChI is InChI=1S/C21H23N3O4/c1-28-21(27)17-9-5-6-10-18(17)22-19(25)15-23-11-13-24(14-12-23)20(26)16-7-3-2-4-8-16/h2-10H,11-15H2,1H3,(H,22,25). The molecule has 2 amide bonds. The third kappa shape index (κ3) is 4.75. The van der Waals surface area contributed by atoms with Crippen molar-refractivity contribution in [2.75, 3.05) is 45.2 Å². The summed E-state index contributed by atoms with van der Waals surface area (Å²) in [6, 6.07) is 15.9. The number of hydrogen-bond donors (Lipinski definition) is 1. The van der Waals surface area contributed by atoms with Crippen molar-refractivity contribution in [1.82, 2.24) is 9.80 Å². The maximum atomic E-state index is 12.5. The highest BCUT2D eigenvalue weighted by Gasteiger charge is 2.23. The van der Waals surface area contributed by atoms with Crippen molar-refractivity contribution < 1.29 is 19.1 Å². The molecule has 1 fully saturated rings. The molecule has 1 heterocycles. The SMILES string of the molecule is COC(=O)c1ccccc1NC(=O)CN1CCN(C(=O)c2ccccc2)CC1. The van der Waals surface area contributed by atoms with Gasteiger partial charge in [0.2, 0.25) is 5.91 Å². The summed E-state index contributed by atoms with van der Waals surface area (Å²) in [6.07, 6.45) is 0. The number of piperazine rings is 1. The Balaban J connectivity index is 1.52. The number of para-hydroxylation sites is 1. The first kappa shape index (κ1) is 19.6. The molecule has 0 spiro atoms. The van der Waals surface area contributed by atoms with Crippen LogP contribution in [-0.4, -0.2) is 67.4 Å². The molecular weight excluding hydrogens is 358 g/mol. The van der Waals surface area contributed by atoms with Gasteiger partial charge in [-0.2, -0.15) is 0 Å². The first-order valence-corrected chi connectivity index (χ1v) is 9.12. The molecule has 2 aromatic rings. The average Bonchev–Trinajstić information content (AvgIpc) is 2.74. The lowest BCUT2D eigenvalue weighted by Crippen LogP contribution is -2.50. The van der Waals surface area contributed by atoms with Crippen molar-refractivity contribution in [1.29, 1.82) is 0 Å². The zero-order valence-electron chi connectivity index (χ0n) is 15.8. The number of anilines is 1. The van der Waals surface area contributed by atoms with Crippen LogP contribution in [0.5, 0.6) is 0 Å². The van der Waals surface area contributed by atoms with Gasteiger partial charge in [-0.3, -0.25) is 14.5 Å². The summed E-state index contributed by atoms with van der Waals surface area (Å²) >= 11 is 0. The maximum absolute atomic E-state index is 12.5. The Labute approximate surface area is 163 Å². The number of hydrogen-bond acceptors (Lipinski definition) is 5. The Hall–Kier alpha value is -3.19. The maximum Gasteiger partial charge on any atom is 0.339 e. The Morgan fingerprint density at radius 3 is 2.25 bits per heavy atom. The number of ether oxygens (including phenoxy) is 1. The Morgan fingerprint density at radius 1 is 0.929 bits per heavy atom. The third-order valence-electron chi connectivity index (χ3n) is 4.65. The summed E-state index contributed by atoms with van der Waals surface area (Å²) in [5, 5.41) is 2.77. The number of nitrogens with one attached hydrogen (secondary N) is 1. The molecule has 2 aromatic carbocycles. The van der Waals surface area contributed by atoms with Gasteiger partial charge in [-0.15, -0.1) is 0 Å². The summed E-state index contributed by atoms with van der Waals surface area (Å²) in [7, 11) is 1.30. The molecule has 1 aliphatic heterocycles. The van der Waals surface area contributed by atoms with Crippen molar-refractivity contribution in [2.24, 2.45) is 0 Å². The van der Waals surface area contributed by atoms with Crippen molar-refractivity contribution in [3.05, 3.63) is 65.7 Å². The van der Waals surface area contributed by atoms with E-state index in [2.05, 4.69) is 5.32 Å². The molecule has 1 aliphatic rings. The number of esters is 1. The molecule has 1 N–H and O–H groups in total. The van der Waals surface area contributed by atoms with Gasteiger partial charge in [0, 0.05) is 31.7 Å². The molecule has 0 atom stereocenters. The van der Waals surface area contributed by atoms with E-state index in [4.69, 9.17) is 4.74 Å². The summed E-state index contributed by atoms with van der Waals surface area (Å²) in [5.41, 5.74) is 1.42. The van der Waals surface area contributed by atoms with Crippen LogP contribution in [0.4, 0.5) is 5.69 Å². The van der Waals surface area contributed by atoms with Gasteiger partial charge >= 0.3 is 5.97 Å². The first-order chi connectivity index (χ1) is 13.6. The van der Waals surface area contributed by atoms with Crippen molar-refractivity contribution in [2.45, 2.75) is 0 Å². The summed E-state index contributed by atoms with van der Waals surface area (Å²) in [6.45, 7) is 2.57. The fraction of sp³-hybridized carbons (Fsp3) is 0.286. The Kier molecular flexibility index (Phi) is 6.39. The van der Waals surface area contributed by atoms with Crippen molar-refractivity contribution in [3.63, 3.8) is 0 Å². The number of carbonyl (C=O) groups excluding carboxylic acids is 3. The fourth-order valence-electron chi connectivity index (χ4n) is 3.15. The molecule has 3 rings (SSSR count). The average molecular weight is 381 g/mol. The second kappa shape index (κ2) is 9.14. The highest BCUT2D eigenvalue weighted by atomic mass is 16.5. The summed E-state index contributed by atoms with van der Waals surface area (Å²) in [5.74, 6) is -0.695. The van der Waals surface area contributed by atoms with E-state index < -0.39 is 5.97 Å². The van der Waals surface area contributed by atoms with Gasteiger partial charge in [0.15, 0.2) is 0 Å². The van der Waals surface area contributed by atoms with E-state index in [1.54, 1.807) is 41.3 Å². The molecule has 146 valence electrons. The monoisotopic (exact) mass is 381 g/mol. The quantitative estimate of drug-likeness (QED) is 0.800. The smallest absolute Gasteiger partial charge is 0.339 e. The van der Waals surface area contributed by atoms with Gasteiger partial charge in [-0.1, -0.05) is 30.3 Å². The lowest BCUT2D eigenvalue weighted by atomic mass is 10.1. The minimum absolute atomic E-state index is 0.0108. The van der Waals surface area contributed by atoms with Gasteiger partial charge in [0.05, 0.1) is 24.9 Å². The van der Waals surface area contributed by atoms with E-state index >= 15 is 0 Å². The molecular formula is C21H23N3O4. The van der Waals surface area contributed by atoms with E-state index in [1.807, 2.05) is 23.1 Å². The second-order valence-corrected chi connectivity index (χ2v) is 6.52. The molecule has 0 aromatic heterocycles. The number of amides is 2. The van der Waals surface area contributed by atoms with E-state index in [1.165, 1.54) is 7.11 Å². The Morgan fingerprint density at radius 2 is 1.57 bits per heavy atom. The van der Waals surface area contributed by atoms with E-state index in [-0.39, 0.29) is 18.4 Å². The highest BCUT2D eigenvalue weighted by molar-refractivity contribution is 6.01. The molecule has 28 heavy (non-hydrogen) atoms. The second-order valence-electron chi connectivity index (χ2n) is 6.52. The minimum Gasteiger partial charge on any atom is -0.465 e. The predicted octanol–water partition coefficient (Wildman–Crippen LogP) is 1.87. The zero-order valence-corrected chi connectivity index (χ0v) is 15.8. The predicted molar refractivity (Wildman–Crippen MR) is 105 cm³/mol. The van der Waals surface area contributed by atoms with Crippen LogP contribution in [0.1, 0.15) is 20.7 Å². The van der Waals surface area contributed by atoms with Crippen LogP contribution >= 0.6 is 0 Å². The number of rotatable bonds is 5. The zero-order chi connectivity index (χ0) is 19.9. The van der Waals surface area contributed by atoms with Crippen LogP contribution in [0, 0.1) is 0 Å². The van der Waals surface area contributed by atoms with Gasteiger partial charge < -0.3 is 15.0 Å². The first-order valence-electron chi connectivity index (χ1n) is 9.12. The van der Waals surface area contributed by atoms with Gasteiger partial charge in [0.1, 0.15) is 0 Å². The molecule has 7 nitrogen and oxygen atoms in total. The molecule has 7 heteroatoms. The molecule has 0 bridgehead atoms. The molecule has 0 radical (unpaired) electrons. The van der Waals surface area contributed by atoms with E-state index in [0.29, 0.717) is 43.0 Å². The highest BCUT2D eigenvalue weighted by Crippen LogP contribution is 2.16. The third-order valence-corrected chi connectivity index (χ3v) is 4.65. The molecule has 0 aliphatic carbocycles. The molecule has 0 unspecified atom stereocenters. The van der Waals surface area contributed by atoms with Crippen LogP contribution in [0.15, 0.2) is 54.6 Å². The summed E-state index contributed by atoms with van der Waals surface area (Å²) in [4.78, 5) is 40.5. The van der Waals surface area contributed by atoms with Gasteiger partial charge in [-0.05, 0) is 24.3 Å². The Bertz CT molecular complexity index is 846. The topological polar surface area (TPSA) is 79.0 Å². The van der Waals surface area contributed by atoms with Crippen molar-refractivity contribution in [3.8, 4) is 0 Å². The minimum atomic E-state index is -0.496. The van der Waals surface area contributed by atoms with Crippen LogP contribution in [-0.2, 0) is 9.53 Å². The summed E-state index contributed by atoms with van der Waals surface area (Å²) < 4.78 is 4.74. The van der Waals surface area contributed by atoms with Crippen LogP contribution in [0.2, 0.25) is 0 Å². The van der Waals surface area contributed by atoms with Gasteiger partial charge in [0.25, 0.3) is 5.91 Å². The number of benzene rings is 2. The van der Waals surface area contributed by atoms with E-state index in [0.717, 1.165) is 0 Å². The van der Waals surface area contributed by atoms with Crippen LogP contribution < -0.4 is 5.32 Å². The van der Waals surface area contributed by atoms with Gasteiger partial charge in [-0.25, -0.2) is 4.79 Å². The molecule has 1 saturated heterocycles. The normalized spacial score (nSPS) is 14.4. The number of carbonyl (C=O) groups is 3. The van der Waals surface area contributed by atoms with E-state index in [9.17, 15) is 14.4 Å². The number of nitrogens with zero attached hydrogens (tertiary/aromatic N) is 2. The number of methoxy groups -OCH3 is 1. The lowest BCUT2D eigenvalue weighted by molar-refractivity contribution is -0.117. The largest absolute Gasteiger partial charge is 0.465 e. The lowest BCUT2D eigenvalue weighted by Gasteiger charge is -2.34. The molecule has 0 saturated carbocycles. The van der Waals surface area contributed by atoms with Crippen LogP contribution in [0.25, 0.3) is 0 Å².